The maximum absolute atomic E-state index is 12.6. The fourth-order valence-electron chi connectivity index (χ4n) is 2.29. The summed E-state index contributed by atoms with van der Waals surface area (Å²) in [6, 6.07) is 6.87. The molecule has 0 aliphatic carbocycles. The Kier molecular flexibility index (Phi) is 6.45. The summed E-state index contributed by atoms with van der Waals surface area (Å²) in [5.41, 5.74) is 6.89. The van der Waals surface area contributed by atoms with E-state index in [4.69, 9.17) is 10.8 Å². The zero-order valence-electron chi connectivity index (χ0n) is 12.1. The third-order valence-electron chi connectivity index (χ3n) is 3.42. The minimum absolute atomic E-state index is 0.0860. The number of anilines is 1. The number of nitrogen functional groups attached to an aromatic ring is 1. The average Bonchev–Trinajstić information content (AvgIpc) is 2.41. The van der Waals surface area contributed by atoms with E-state index in [-0.39, 0.29) is 24.9 Å². The highest BCUT2D eigenvalue weighted by atomic mass is 32.2. The monoisotopic (exact) mass is 300 g/mol. The molecular weight excluding hydrogens is 276 g/mol. The summed E-state index contributed by atoms with van der Waals surface area (Å²) in [4.78, 5) is 0. The molecule has 0 fully saturated rings. The van der Waals surface area contributed by atoms with Gasteiger partial charge in [-0.05, 0) is 24.5 Å². The van der Waals surface area contributed by atoms with E-state index in [2.05, 4.69) is 0 Å². The van der Waals surface area contributed by atoms with Gasteiger partial charge in [0.05, 0.1) is 12.4 Å². The van der Waals surface area contributed by atoms with E-state index in [1.807, 2.05) is 13.8 Å². The summed E-state index contributed by atoms with van der Waals surface area (Å²) in [7, 11) is -3.49. The Balaban J connectivity index is 3.02. The summed E-state index contributed by atoms with van der Waals surface area (Å²) in [5, 5.41) is 9.13. The minimum atomic E-state index is -3.49. The average molecular weight is 300 g/mol. The van der Waals surface area contributed by atoms with Crippen molar-refractivity contribution < 1.29 is 13.5 Å². The molecule has 20 heavy (non-hydrogen) atoms. The second-order valence-corrected chi connectivity index (χ2v) is 6.68. The number of rotatable bonds is 8. The van der Waals surface area contributed by atoms with Crippen LogP contribution in [0.2, 0.25) is 0 Å². The minimum Gasteiger partial charge on any atom is -0.398 e. The number of hydrogen-bond acceptors (Lipinski definition) is 4. The van der Waals surface area contributed by atoms with Crippen molar-refractivity contribution in [2.24, 2.45) is 0 Å². The predicted molar refractivity (Wildman–Crippen MR) is 81.6 cm³/mol. The highest BCUT2D eigenvalue weighted by molar-refractivity contribution is 7.88. The lowest BCUT2D eigenvalue weighted by molar-refractivity contribution is 0.219. The normalized spacial score (nSPS) is 12.2. The first kappa shape index (κ1) is 16.9. The quantitative estimate of drug-likeness (QED) is 0.714. The van der Waals surface area contributed by atoms with E-state index in [0.717, 1.165) is 12.8 Å². The first-order valence-corrected chi connectivity index (χ1v) is 8.50. The lowest BCUT2D eigenvalue weighted by Gasteiger charge is -2.29. The molecule has 0 bridgehead atoms. The summed E-state index contributed by atoms with van der Waals surface area (Å²) >= 11 is 0. The van der Waals surface area contributed by atoms with Crippen LogP contribution in [0.1, 0.15) is 32.3 Å². The molecule has 0 saturated heterocycles. The Morgan fingerprint density at radius 1 is 1.25 bits per heavy atom. The number of nitrogens with zero attached hydrogens (tertiary/aromatic N) is 1. The molecule has 1 aromatic carbocycles. The molecule has 0 aliphatic rings. The van der Waals surface area contributed by atoms with Crippen molar-refractivity contribution in [3.05, 3.63) is 29.8 Å². The molecular formula is C14H24N2O3S. The predicted octanol–water partition coefficient (Wildman–Crippen LogP) is 1.58. The van der Waals surface area contributed by atoms with E-state index in [1.165, 1.54) is 4.31 Å². The molecule has 0 aromatic heterocycles. The van der Waals surface area contributed by atoms with E-state index in [9.17, 15) is 8.42 Å². The zero-order chi connectivity index (χ0) is 15.2. The largest absolute Gasteiger partial charge is 0.398 e. The zero-order valence-corrected chi connectivity index (χ0v) is 12.9. The van der Waals surface area contributed by atoms with Gasteiger partial charge in [-0.25, -0.2) is 8.42 Å². The van der Waals surface area contributed by atoms with Gasteiger partial charge in [0.2, 0.25) is 10.0 Å². The summed E-state index contributed by atoms with van der Waals surface area (Å²) in [6.45, 7) is 3.84. The Hall–Kier alpha value is -1.11. The third-order valence-corrected chi connectivity index (χ3v) is 5.29. The number of sulfonamides is 1. The van der Waals surface area contributed by atoms with Gasteiger partial charge in [-0.15, -0.1) is 0 Å². The smallest absolute Gasteiger partial charge is 0.218 e. The van der Waals surface area contributed by atoms with E-state index in [0.29, 0.717) is 11.3 Å². The number of nitrogens with two attached hydrogens (primary N) is 1. The van der Waals surface area contributed by atoms with Crippen molar-refractivity contribution in [1.82, 2.24) is 4.31 Å². The van der Waals surface area contributed by atoms with Crippen LogP contribution in [0.4, 0.5) is 5.69 Å². The van der Waals surface area contributed by atoms with Gasteiger partial charge in [0.15, 0.2) is 0 Å². The van der Waals surface area contributed by atoms with Crippen LogP contribution in [0.25, 0.3) is 0 Å². The maximum atomic E-state index is 12.6. The molecule has 6 heteroatoms. The Morgan fingerprint density at radius 3 is 2.35 bits per heavy atom. The van der Waals surface area contributed by atoms with Crippen LogP contribution < -0.4 is 5.73 Å². The maximum Gasteiger partial charge on any atom is 0.218 e. The van der Waals surface area contributed by atoms with Crippen LogP contribution in [-0.2, 0) is 15.8 Å². The number of para-hydroxylation sites is 1. The number of aliphatic hydroxyl groups excluding tert-OH is 1. The number of aliphatic hydroxyl groups is 1. The second kappa shape index (κ2) is 7.61. The molecule has 0 atom stereocenters. The van der Waals surface area contributed by atoms with Crippen LogP contribution in [0.3, 0.4) is 0 Å². The van der Waals surface area contributed by atoms with Crippen LogP contribution in [0.15, 0.2) is 24.3 Å². The molecule has 0 aliphatic heterocycles. The number of benzene rings is 1. The molecule has 1 aromatic rings. The standard InChI is InChI=1S/C14H24N2O3S/c1-3-13(4-2)16(9-10-17)20(18,19)11-12-7-5-6-8-14(12)15/h5-8,13,17H,3-4,9-11,15H2,1-2H3. The van der Waals surface area contributed by atoms with Gasteiger partial charge in [0, 0.05) is 18.3 Å². The summed E-state index contributed by atoms with van der Waals surface area (Å²) in [6.07, 6.45) is 1.44. The third kappa shape index (κ3) is 4.19. The van der Waals surface area contributed by atoms with Crippen molar-refractivity contribution in [3.63, 3.8) is 0 Å². The molecule has 0 amide bonds. The first-order chi connectivity index (χ1) is 9.46. The lowest BCUT2D eigenvalue weighted by Crippen LogP contribution is -2.42. The summed E-state index contributed by atoms with van der Waals surface area (Å²) in [5.74, 6) is -0.129. The first-order valence-electron chi connectivity index (χ1n) is 6.90. The van der Waals surface area contributed by atoms with Crippen LogP contribution in [0, 0.1) is 0 Å². The van der Waals surface area contributed by atoms with Gasteiger partial charge in [0.25, 0.3) is 0 Å². The molecule has 0 radical (unpaired) electrons. The SMILES string of the molecule is CCC(CC)N(CCO)S(=O)(=O)Cc1ccccc1N. The Bertz CT molecular complexity index is 513. The highest BCUT2D eigenvalue weighted by Crippen LogP contribution is 2.20. The highest BCUT2D eigenvalue weighted by Gasteiger charge is 2.28. The van der Waals surface area contributed by atoms with Gasteiger partial charge < -0.3 is 10.8 Å². The van der Waals surface area contributed by atoms with E-state index >= 15 is 0 Å². The van der Waals surface area contributed by atoms with E-state index in [1.54, 1.807) is 24.3 Å². The Labute approximate surface area is 121 Å². The van der Waals surface area contributed by atoms with E-state index < -0.39 is 10.0 Å². The molecule has 0 unspecified atom stereocenters. The van der Waals surface area contributed by atoms with Crippen LogP contribution in [0.5, 0.6) is 0 Å². The van der Waals surface area contributed by atoms with Gasteiger partial charge in [-0.1, -0.05) is 32.0 Å². The van der Waals surface area contributed by atoms with Gasteiger partial charge in [-0.3, -0.25) is 0 Å². The van der Waals surface area contributed by atoms with Gasteiger partial charge in [-0.2, -0.15) is 4.31 Å². The topological polar surface area (TPSA) is 83.6 Å². The molecule has 0 saturated carbocycles. The van der Waals surface area contributed by atoms with Gasteiger partial charge in [0.1, 0.15) is 0 Å². The molecule has 3 N–H and O–H groups in total. The van der Waals surface area contributed by atoms with Crippen molar-refractivity contribution in [3.8, 4) is 0 Å². The van der Waals surface area contributed by atoms with Crippen molar-refractivity contribution in [1.29, 1.82) is 0 Å². The van der Waals surface area contributed by atoms with Crippen molar-refractivity contribution in [2.45, 2.75) is 38.5 Å². The fraction of sp³-hybridized carbons (Fsp3) is 0.571. The van der Waals surface area contributed by atoms with Crippen LogP contribution in [-0.4, -0.2) is 37.0 Å². The molecule has 1 rings (SSSR count). The van der Waals surface area contributed by atoms with Gasteiger partial charge >= 0.3 is 0 Å². The molecule has 5 nitrogen and oxygen atoms in total. The van der Waals surface area contributed by atoms with Crippen molar-refractivity contribution in [2.75, 3.05) is 18.9 Å². The number of hydrogen-bond donors (Lipinski definition) is 2. The lowest BCUT2D eigenvalue weighted by atomic mass is 10.2. The molecule has 0 spiro atoms. The van der Waals surface area contributed by atoms with Crippen LogP contribution >= 0.6 is 0 Å². The molecule has 114 valence electrons. The second-order valence-electron chi connectivity index (χ2n) is 4.76. The Morgan fingerprint density at radius 2 is 1.85 bits per heavy atom. The molecule has 0 heterocycles. The fourth-order valence-corrected chi connectivity index (χ4v) is 4.22. The summed E-state index contributed by atoms with van der Waals surface area (Å²) < 4.78 is 26.5. The van der Waals surface area contributed by atoms with Crippen molar-refractivity contribution >= 4 is 15.7 Å².